The van der Waals surface area contributed by atoms with E-state index in [9.17, 15) is 9.59 Å². The van der Waals surface area contributed by atoms with Gasteiger partial charge in [0, 0.05) is 0 Å². The molecule has 0 heterocycles. The maximum atomic E-state index is 11.2. The first kappa shape index (κ1) is 18.9. The van der Waals surface area contributed by atoms with Crippen LogP contribution in [0, 0.1) is 0 Å². The predicted octanol–water partition coefficient (Wildman–Crippen LogP) is 2.08. The van der Waals surface area contributed by atoms with Crippen molar-refractivity contribution >= 4 is 41.7 Å². The fraction of sp³-hybridized carbons (Fsp3) is 0.800. The molecule has 0 aliphatic heterocycles. The van der Waals surface area contributed by atoms with Gasteiger partial charge in [-0.1, -0.05) is 26.1 Å². The van der Waals surface area contributed by atoms with Crippen molar-refractivity contribution in [3.8, 4) is 0 Å². The smallest absolute Gasteiger partial charge is 0.332 e. The number of esters is 2. The summed E-state index contributed by atoms with van der Waals surface area (Å²) in [5.74, 6) is -1.08. The lowest BCUT2D eigenvalue weighted by molar-refractivity contribution is -0.146. The van der Waals surface area contributed by atoms with Gasteiger partial charge < -0.3 is 18.5 Å². The van der Waals surface area contributed by atoms with Crippen molar-refractivity contribution in [1.82, 2.24) is 0 Å². The quantitative estimate of drug-likeness (QED) is 0.373. The van der Waals surface area contributed by atoms with E-state index in [0.717, 1.165) is 12.8 Å². The molecule has 0 N–H and O–H groups in total. The third kappa shape index (κ3) is 11.4. The minimum absolute atomic E-state index is 0.321. The van der Waals surface area contributed by atoms with E-state index in [1.54, 1.807) is 0 Å². The summed E-state index contributed by atoms with van der Waals surface area (Å²) in [5, 5.41) is 0. The molecule has 0 unspecified atom stereocenters. The molecule has 0 saturated carbocycles. The molecule has 0 aliphatic carbocycles. The van der Waals surface area contributed by atoms with E-state index in [1.807, 2.05) is 13.8 Å². The van der Waals surface area contributed by atoms with Crippen LogP contribution in [0.2, 0.25) is 0 Å². The van der Waals surface area contributed by atoms with E-state index >= 15 is 0 Å². The van der Waals surface area contributed by atoms with Gasteiger partial charge in [-0.3, -0.25) is 0 Å². The molecule has 0 spiro atoms. The minimum Gasteiger partial charge on any atom is -0.464 e. The number of rotatable bonds is 10. The van der Waals surface area contributed by atoms with Gasteiger partial charge in [-0.05, 0) is 24.6 Å². The summed E-state index contributed by atoms with van der Waals surface area (Å²) in [4.78, 5) is 22.3. The molecule has 0 saturated heterocycles. The Kier molecular flexibility index (Phi) is 10.5. The van der Waals surface area contributed by atoms with Gasteiger partial charge in [0.25, 0.3) is 0 Å². The van der Waals surface area contributed by atoms with Crippen LogP contribution in [0.1, 0.15) is 26.7 Å². The molecule has 9 heteroatoms. The zero-order valence-electron chi connectivity index (χ0n) is 11.0. The normalized spacial score (nSPS) is 11.1. The first-order chi connectivity index (χ1) is 8.91. The molecule has 0 atom stereocenters. The molecule has 0 aromatic rings. The Morgan fingerprint density at radius 3 is 1.68 bits per heavy atom. The Morgan fingerprint density at radius 1 is 1.00 bits per heavy atom. The molecule has 19 heavy (non-hydrogen) atoms. The standard InChI is InChI=1S/C10H19O6PS2/c1-3-5-13-9(11)7-15-17(18,19)16-8-10(12)14-6-4-2/h3-8H2,1-2H3,(H,18,19). The van der Waals surface area contributed by atoms with Gasteiger partial charge in [0.05, 0.1) is 13.2 Å². The fourth-order valence-corrected chi connectivity index (χ4v) is 2.10. The van der Waals surface area contributed by atoms with Crippen molar-refractivity contribution in [2.24, 2.45) is 0 Å². The Morgan fingerprint density at radius 2 is 1.37 bits per heavy atom. The molecule has 0 bridgehead atoms. The minimum atomic E-state index is -2.94. The van der Waals surface area contributed by atoms with Gasteiger partial charge in [-0.15, -0.1) is 0 Å². The summed E-state index contributed by atoms with van der Waals surface area (Å²) in [7, 11) is 0. The number of carbonyl (C=O) groups is 2. The predicted molar refractivity (Wildman–Crippen MR) is 77.7 cm³/mol. The van der Waals surface area contributed by atoms with Crippen molar-refractivity contribution in [3.05, 3.63) is 0 Å². The summed E-state index contributed by atoms with van der Waals surface area (Å²) >= 11 is 8.90. The summed E-state index contributed by atoms with van der Waals surface area (Å²) in [6.45, 7) is 3.71. The summed E-state index contributed by atoms with van der Waals surface area (Å²) in [5.41, 5.74) is -2.94. The van der Waals surface area contributed by atoms with E-state index in [4.69, 9.17) is 30.3 Å². The Hall–Kier alpha value is -0.140. The van der Waals surface area contributed by atoms with E-state index in [-0.39, 0.29) is 13.2 Å². The lowest BCUT2D eigenvalue weighted by atomic mass is 10.5. The van der Waals surface area contributed by atoms with Crippen LogP contribution >= 0.6 is 17.9 Å². The van der Waals surface area contributed by atoms with Crippen LogP contribution in [0.15, 0.2) is 0 Å². The number of carbonyl (C=O) groups excluding carboxylic acids is 2. The van der Waals surface area contributed by atoms with Crippen molar-refractivity contribution in [2.75, 3.05) is 26.4 Å². The molecule has 0 aromatic heterocycles. The summed E-state index contributed by atoms with van der Waals surface area (Å²) in [6.07, 6.45) is 1.45. The van der Waals surface area contributed by atoms with Crippen molar-refractivity contribution in [2.45, 2.75) is 26.7 Å². The van der Waals surface area contributed by atoms with Crippen molar-refractivity contribution in [3.63, 3.8) is 0 Å². The molecule has 0 fully saturated rings. The van der Waals surface area contributed by atoms with E-state index < -0.39 is 17.6 Å². The lowest BCUT2D eigenvalue weighted by Gasteiger charge is -2.15. The first-order valence-electron chi connectivity index (χ1n) is 5.84. The van der Waals surface area contributed by atoms with E-state index in [1.165, 1.54) is 0 Å². The average Bonchev–Trinajstić information content (AvgIpc) is 2.38. The summed E-state index contributed by atoms with van der Waals surface area (Å²) < 4.78 is 19.6. The second-order valence-corrected chi connectivity index (χ2v) is 8.74. The van der Waals surface area contributed by atoms with Gasteiger partial charge >= 0.3 is 11.9 Å². The summed E-state index contributed by atoms with van der Waals surface area (Å²) in [6, 6.07) is 0. The van der Waals surface area contributed by atoms with Gasteiger partial charge in [0.1, 0.15) is 0 Å². The molecule has 0 aromatic carbocycles. The lowest BCUT2D eigenvalue weighted by Crippen LogP contribution is -2.14. The zero-order valence-corrected chi connectivity index (χ0v) is 13.6. The number of hydrogen-bond donors (Lipinski definition) is 1. The largest absolute Gasteiger partial charge is 0.464 e. The van der Waals surface area contributed by atoms with Crippen LogP contribution in [0.25, 0.3) is 0 Å². The van der Waals surface area contributed by atoms with Crippen LogP contribution in [0.3, 0.4) is 0 Å². The van der Waals surface area contributed by atoms with Gasteiger partial charge in [0.2, 0.25) is 5.69 Å². The van der Waals surface area contributed by atoms with Crippen LogP contribution in [0.4, 0.5) is 0 Å². The highest BCUT2D eigenvalue weighted by molar-refractivity contribution is 8.60. The molecule has 0 aliphatic rings. The first-order valence-corrected chi connectivity index (χ1v) is 9.63. The maximum absolute atomic E-state index is 11.2. The Bertz CT molecular complexity index is 308. The Labute approximate surface area is 123 Å². The molecule has 0 radical (unpaired) electrons. The topological polar surface area (TPSA) is 71.1 Å². The maximum Gasteiger partial charge on any atom is 0.332 e. The molecule has 0 amide bonds. The monoisotopic (exact) mass is 330 g/mol. The Balaban J connectivity index is 3.88. The highest BCUT2D eigenvalue weighted by atomic mass is 32.9. The second kappa shape index (κ2) is 10.6. The molecule has 0 rings (SSSR count). The van der Waals surface area contributed by atoms with Crippen LogP contribution in [-0.4, -0.2) is 38.4 Å². The SMILES string of the molecule is CCCOC(=O)COP(=S)(S)OCC(=O)OCCC. The average molecular weight is 330 g/mol. The number of thiol groups is 1. The molecule has 6 nitrogen and oxygen atoms in total. The van der Waals surface area contributed by atoms with Crippen molar-refractivity contribution in [1.29, 1.82) is 0 Å². The van der Waals surface area contributed by atoms with E-state index in [0.29, 0.717) is 13.2 Å². The zero-order chi connectivity index (χ0) is 14.7. The molecular formula is C10H19O6PS2. The van der Waals surface area contributed by atoms with Gasteiger partial charge in [-0.2, -0.15) is 0 Å². The molecule has 112 valence electrons. The van der Waals surface area contributed by atoms with Crippen molar-refractivity contribution < 1.29 is 28.1 Å². The van der Waals surface area contributed by atoms with Gasteiger partial charge in [-0.25, -0.2) is 9.59 Å². The highest BCUT2D eigenvalue weighted by Gasteiger charge is 2.18. The number of hydrogen-bond acceptors (Lipinski definition) is 7. The highest BCUT2D eigenvalue weighted by Crippen LogP contribution is 2.53. The third-order valence-electron chi connectivity index (χ3n) is 1.63. The second-order valence-electron chi connectivity index (χ2n) is 3.46. The van der Waals surface area contributed by atoms with Crippen LogP contribution in [0.5, 0.6) is 0 Å². The molecular weight excluding hydrogens is 311 g/mol. The fourth-order valence-electron chi connectivity index (χ4n) is 0.821. The third-order valence-corrected chi connectivity index (χ3v) is 3.86. The van der Waals surface area contributed by atoms with Gasteiger partial charge in [0.15, 0.2) is 13.2 Å². The van der Waals surface area contributed by atoms with Crippen LogP contribution < -0.4 is 0 Å². The van der Waals surface area contributed by atoms with E-state index in [2.05, 4.69) is 12.2 Å². The van der Waals surface area contributed by atoms with Crippen LogP contribution in [-0.2, 0) is 39.9 Å². The number of ether oxygens (including phenoxy) is 2.